The highest BCUT2D eigenvalue weighted by Crippen LogP contribution is 2.39. The van der Waals surface area contributed by atoms with E-state index in [2.05, 4.69) is 0 Å². The molecule has 0 fully saturated rings. The van der Waals surface area contributed by atoms with Crippen LogP contribution < -0.4 is 4.74 Å². The number of fused-ring (bicyclic) bond motifs is 1. The maximum Gasteiger partial charge on any atom is 0.149 e. The number of rotatable bonds is 1. The fourth-order valence-corrected chi connectivity index (χ4v) is 2.53. The lowest BCUT2D eigenvalue weighted by molar-refractivity contribution is 0.289. The van der Waals surface area contributed by atoms with Gasteiger partial charge in [-0.3, -0.25) is 0 Å². The van der Waals surface area contributed by atoms with Gasteiger partial charge in [-0.1, -0.05) is 23.7 Å². The van der Waals surface area contributed by atoms with E-state index in [1.165, 1.54) is 18.2 Å². The molecule has 19 heavy (non-hydrogen) atoms. The topological polar surface area (TPSA) is 9.23 Å². The standard InChI is InChI=1S/C15H11ClF2O/c16-13-5-1-4-11(14(13)18)12-8-10(17)7-9-3-2-6-19-15(9)12/h1,4-5,7-8H,2-3,6H2. The molecule has 0 saturated carbocycles. The Morgan fingerprint density at radius 2 is 1.95 bits per heavy atom. The van der Waals surface area contributed by atoms with Gasteiger partial charge in [0.1, 0.15) is 17.4 Å². The van der Waals surface area contributed by atoms with Crippen molar-refractivity contribution in [3.05, 3.63) is 52.6 Å². The van der Waals surface area contributed by atoms with Gasteiger partial charge in [-0.2, -0.15) is 0 Å². The molecule has 3 rings (SSSR count). The van der Waals surface area contributed by atoms with E-state index in [0.717, 1.165) is 18.4 Å². The minimum atomic E-state index is -0.550. The molecule has 2 aromatic carbocycles. The molecule has 0 bridgehead atoms. The Kier molecular flexibility index (Phi) is 3.15. The van der Waals surface area contributed by atoms with E-state index in [9.17, 15) is 8.78 Å². The van der Waals surface area contributed by atoms with Crippen LogP contribution in [0.4, 0.5) is 8.78 Å². The number of halogens is 3. The predicted molar refractivity (Wildman–Crippen MR) is 70.6 cm³/mol. The molecule has 1 aliphatic heterocycles. The molecule has 0 N–H and O–H groups in total. The third-order valence-corrected chi connectivity index (χ3v) is 3.50. The first-order chi connectivity index (χ1) is 9.16. The van der Waals surface area contributed by atoms with E-state index in [1.54, 1.807) is 12.1 Å². The van der Waals surface area contributed by atoms with Crippen molar-refractivity contribution in [2.75, 3.05) is 6.61 Å². The quantitative estimate of drug-likeness (QED) is 0.741. The molecule has 2 aromatic rings. The lowest BCUT2D eigenvalue weighted by Gasteiger charge is -2.21. The second-order valence-electron chi connectivity index (χ2n) is 4.49. The van der Waals surface area contributed by atoms with E-state index in [0.29, 0.717) is 17.9 Å². The first-order valence-electron chi connectivity index (χ1n) is 6.06. The fraction of sp³-hybridized carbons (Fsp3) is 0.200. The minimum Gasteiger partial charge on any atom is -0.493 e. The van der Waals surface area contributed by atoms with Crippen LogP contribution in [0.15, 0.2) is 30.3 Å². The molecule has 0 atom stereocenters. The summed E-state index contributed by atoms with van der Waals surface area (Å²) in [7, 11) is 0. The van der Waals surface area contributed by atoms with Crippen LogP contribution in [0.25, 0.3) is 11.1 Å². The van der Waals surface area contributed by atoms with Crippen molar-refractivity contribution >= 4 is 11.6 Å². The molecule has 98 valence electrons. The van der Waals surface area contributed by atoms with Gasteiger partial charge >= 0.3 is 0 Å². The fourth-order valence-electron chi connectivity index (χ4n) is 2.35. The van der Waals surface area contributed by atoms with Gasteiger partial charge in [0, 0.05) is 11.1 Å². The zero-order chi connectivity index (χ0) is 13.4. The van der Waals surface area contributed by atoms with Gasteiger partial charge in [-0.25, -0.2) is 8.78 Å². The van der Waals surface area contributed by atoms with Crippen molar-refractivity contribution in [2.24, 2.45) is 0 Å². The number of benzene rings is 2. The van der Waals surface area contributed by atoms with E-state index >= 15 is 0 Å². The summed E-state index contributed by atoms with van der Waals surface area (Å²) in [5.41, 5.74) is 1.47. The molecular formula is C15H11ClF2O. The van der Waals surface area contributed by atoms with Gasteiger partial charge in [0.25, 0.3) is 0 Å². The number of aryl methyl sites for hydroxylation is 1. The second-order valence-corrected chi connectivity index (χ2v) is 4.90. The largest absolute Gasteiger partial charge is 0.493 e. The highest BCUT2D eigenvalue weighted by atomic mass is 35.5. The lowest BCUT2D eigenvalue weighted by atomic mass is 9.97. The highest BCUT2D eigenvalue weighted by Gasteiger charge is 2.20. The number of ether oxygens (including phenoxy) is 1. The molecule has 0 spiro atoms. The summed E-state index contributed by atoms with van der Waals surface area (Å²) in [4.78, 5) is 0. The number of hydrogen-bond acceptors (Lipinski definition) is 1. The van der Waals surface area contributed by atoms with E-state index in [-0.39, 0.29) is 10.6 Å². The van der Waals surface area contributed by atoms with Gasteiger partial charge in [0.15, 0.2) is 0 Å². The SMILES string of the molecule is Fc1cc2c(c(-c3cccc(Cl)c3F)c1)OCCC2. The van der Waals surface area contributed by atoms with Crippen molar-refractivity contribution in [1.29, 1.82) is 0 Å². The van der Waals surface area contributed by atoms with Gasteiger partial charge in [-0.15, -0.1) is 0 Å². The minimum absolute atomic E-state index is 0.0197. The van der Waals surface area contributed by atoms with Crippen molar-refractivity contribution in [3.8, 4) is 16.9 Å². The van der Waals surface area contributed by atoms with Crippen LogP contribution >= 0.6 is 11.6 Å². The summed E-state index contributed by atoms with van der Waals surface area (Å²) in [6.45, 7) is 0.563. The third kappa shape index (κ3) is 2.19. The molecule has 1 nitrogen and oxygen atoms in total. The zero-order valence-corrected chi connectivity index (χ0v) is 10.8. The van der Waals surface area contributed by atoms with E-state index in [4.69, 9.17) is 16.3 Å². The summed E-state index contributed by atoms with van der Waals surface area (Å²) in [5.74, 6) is -0.376. The molecule has 0 radical (unpaired) electrons. The van der Waals surface area contributed by atoms with Crippen LogP contribution in [0.3, 0.4) is 0 Å². The van der Waals surface area contributed by atoms with Gasteiger partial charge in [0.2, 0.25) is 0 Å². The van der Waals surface area contributed by atoms with Crippen LogP contribution in [0, 0.1) is 11.6 Å². The van der Waals surface area contributed by atoms with Crippen LogP contribution in [-0.4, -0.2) is 6.61 Å². The average Bonchev–Trinajstić information content (AvgIpc) is 2.41. The molecule has 4 heteroatoms. The van der Waals surface area contributed by atoms with Crippen molar-refractivity contribution in [3.63, 3.8) is 0 Å². The first kappa shape index (κ1) is 12.4. The average molecular weight is 281 g/mol. The smallest absolute Gasteiger partial charge is 0.149 e. The van der Waals surface area contributed by atoms with Gasteiger partial charge < -0.3 is 4.74 Å². The summed E-state index contributed by atoms with van der Waals surface area (Å²) >= 11 is 5.78. The Morgan fingerprint density at radius 3 is 2.79 bits per heavy atom. The first-order valence-corrected chi connectivity index (χ1v) is 6.44. The maximum atomic E-state index is 14.1. The Bertz CT molecular complexity index is 640. The number of hydrogen-bond donors (Lipinski definition) is 0. The lowest BCUT2D eigenvalue weighted by Crippen LogP contribution is -2.10. The molecule has 0 aromatic heterocycles. The van der Waals surface area contributed by atoms with Crippen LogP contribution in [0.2, 0.25) is 5.02 Å². The molecule has 1 heterocycles. The van der Waals surface area contributed by atoms with Crippen LogP contribution in [-0.2, 0) is 6.42 Å². The van der Waals surface area contributed by atoms with Gasteiger partial charge in [0.05, 0.1) is 11.6 Å². The molecule has 0 saturated heterocycles. The summed E-state index contributed by atoms with van der Waals surface area (Å²) < 4.78 is 33.3. The van der Waals surface area contributed by atoms with Crippen molar-refractivity contribution in [2.45, 2.75) is 12.8 Å². The molecular weight excluding hydrogens is 270 g/mol. The molecule has 0 aliphatic carbocycles. The highest BCUT2D eigenvalue weighted by molar-refractivity contribution is 6.31. The Hall–Kier alpha value is -1.61. The van der Waals surface area contributed by atoms with Crippen molar-refractivity contribution < 1.29 is 13.5 Å². The van der Waals surface area contributed by atoms with Crippen LogP contribution in [0.5, 0.6) is 5.75 Å². The normalized spacial score (nSPS) is 13.8. The monoisotopic (exact) mass is 280 g/mol. The molecule has 1 aliphatic rings. The Labute approximate surface area is 114 Å². The zero-order valence-electron chi connectivity index (χ0n) is 10.1. The predicted octanol–water partition coefficient (Wildman–Crippen LogP) is 4.61. The maximum absolute atomic E-state index is 14.1. The summed E-state index contributed by atoms with van der Waals surface area (Å²) in [5, 5.41) is 0.0197. The summed E-state index contributed by atoms with van der Waals surface area (Å²) in [6, 6.07) is 7.42. The summed E-state index contributed by atoms with van der Waals surface area (Å²) in [6.07, 6.45) is 1.58. The molecule has 0 amide bonds. The third-order valence-electron chi connectivity index (χ3n) is 3.21. The van der Waals surface area contributed by atoms with Crippen molar-refractivity contribution in [1.82, 2.24) is 0 Å². The van der Waals surface area contributed by atoms with Crippen LogP contribution in [0.1, 0.15) is 12.0 Å². The Morgan fingerprint density at radius 1 is 1.11 bits per heavy atom. The Balaban J connectivity index is 2.24. The molecule has 0 unspecified atom stereocenters. The van der Waals surface area contributed by atoms with E-state index in [1.807, 2.05) is 0 Å². The van der Waals surface area contributed by atoms with E-state index < -0.39 is 11.6 Å². The second kappa shape index (κ2) is 4.82. The van der Waals surface area contributed by atoms with Gasteiger partial charge in [-0.05, 0) is 36.6 Å².